The smallest absolute Gasteiger partial charge is 0.270 e. The van der Waals surface area contributed by atoms with Crippen LogP contribution in [0.25, 0.3) is 10.9 Å². The summed E-state index contributed by atoms with van der Waals surface area (Å²) in [6.45, 7) is 3.94. The fourth-order valence-corrected chi connectivity index (χ4v) is 4.42. The van der Waals surface area contributed by atoms with Crippen molar-refractivity contribution in [3.8, 4) is 0 Å². The summed E-state index contributed by atoms with van der Waals surface area (Å²) in [7, 11) is 0. The van der Waals surface area contributed by atoms with Gasteiger partial charge in [0.05, 0.1) is 17.0 Å². The Morgan fingerprint density at radius 2 is 2.16 bits per heavy atom. The second-order valence-electron chi connectivity index (χ2n) is 7.03. The lowest BCUT2D eigenvalue weighted by atomic mass is 9.75. The van der Waals surface area contributed by atoms with Crippen LogP contribution in [0.5, 0.6) is 0 Å². The average molecular weight is 337 g/mol. The monoisotopic (exact) mass is 337 g/mol. The van der Waals surface area contributed by atoms with Gasteiger partial charge >= 0.3 is 0 Å². The summed E-state index contributed by atoms with van der Waals surface area (Å²) in [5.74, 6) is 1.18. The minimum absolute atomic E-state index is 0. The minimum atomic E-state index is -0.373. The molecule has 127 valence electrons. The highest BCUT2D eigenvalue weighted by atomic mass is 16.6. The van der Waals surface area contributed by atoms with Gasteiger partial charge in [0.2, 0.25) is 5.90 Å². The van der Waals surface area contributed by atoms with E-state index >= 15 is 0 Å². The lowest BCUT2D eigenvalue weighted by Gasteiger charge is -2.50. The number of nitro benzene ring substituents is 1. The highest BCUT2D eigenvalue weighted by Crippen LogP contribution is 2.42. The van der Waals surface area contributed by atoms with Gasteiger partial charge in [-0.1, -0.05) is 0 Å². The summed E-state index contributed by atoms with van der Waals surface area (Å²) in [4.78, 5) is 21.0. The van der Waals surface area contributed by atoms with Crippen molar-refractivity contribution in [3.63, 3.8) is 0 Å². The Kier molecular flexibility index (Phi) is 3.61. The van der Waals surface area contributed by atoms with E-state index in [1.165, 1.54) is 18.9 Å². The molecule has 7 nitrogen and oxygen atoms in total. The number of benzene rings is 1. The first-order valence-electron chi connectivity index (χ1n) is 8.36. The number of ether oxygens (including phenoxy) is 1. The SMILES string of the molecule is O=[N+]([O-])c1ccc2[nH]cc(C3=NCC4(CN5CCC4CC5)O3)c2c1.[B]. The fraction of sp³-hybridized carbons (Fsp3) is 0.471. The van der Waals surface area contributed by atoms with Crippen LogP contribution in [0.2, 0.25) is 0 Å². The Morgan fingerprint density at radius 3 is 2.84 bits per heavy atom. The molecule has 1 aromatic carbocycles. The second kappa shape index (κ2) is 5.59. The number of hydrogen-bond donors (Lipinski definition) is 1. The quantitative estimate of drug-likeness (QED) is 0.516. The number of aromatic nitrogens is 1. The van der Waals surface area contributed by atoms with Gasteiger partial charge in [-0.15, -0.1) is 0 Å². The number of piperidine rings is 3. The van der Waals surface area contributed by atoms with Crippen LogP contribution in [0.3, 0.4) is 0 Å². The molecule has 4 aliphatic rings. The van der Waals surface area contributed by atoms with Gasteiger partial charge in [-0.25, -0.2) is 4.99 Å². The Labute approximate surface area is 146 Å². The van der Waals surface area contributed by atoms with E-state index in [4.69, 9.17) is 4.74 Å². The van der Waals surface area contributed by atoms with Crippen molar-refractivity contribution in [2.75, 3.05) is 26.2 Å². The Bertz CT molecular complexity index is 872. The Morgan fingerprint density at radius 1 is 1.36 bits per heavy atom. The third kappa shape index (κ3) is 2.35. The van der Waals surface area contributed by atoms with Crippen molar-refractivity contribution in [2.45, 2.75) is 18.4 Å². The van der Waals surface area contributed by atoms with Gasteiger partial charge in [-0.2, -0.15) is 0 Å². The number of aromatic amines is 1. The molecule has 1 N–H and O–H groups in total. The first-order valence-corrected chi connectivity index (χ1v) is 8.36. The number of non-ortho nitro benzene ring substituents is 1. The molecule has 8 heteroatoms. The number of nitrogens with one attached hydrogen (secondary N) is 1. The predicted octanol–water partition coefficient (Wildman–Crippen LogP) is 1.94. The van der Waals surface area contributed by atoms with Crippen LogP contribution in [-0.2, 0) is 4.74 Å². The molecular formula is C17H18BN4O3. The van der Waals surface area contributed by atoms with Crippen molar-refractivity contribution < 1.29 is 9.66 Å². The topological polar surface area (TPSA) is 83.8 Å². The maximum atomic E-state index is 11.1. The van der Waals surface area contributed by atoms with Gasteiger partial charge in [0.1, 0.15) is 5.60 Å². The van der Waals surface area contributed by atoms with Gasteiger partial charge in [0.15, 0.2) is 0 Å². The summed E-state index contributed by atoms with van der Waals surface area (Å²) >= 11 is 0. The standard InChI is InChI=1S/C17H18N4O3.B/c22-21(23)12-1-2-15-13(7-12)14(8-18-15)16-19-9-17(24-16)10-20-5-3-11(17)4-6-20;/h1-2,7-8,11,18H,3-6,9-10H2;. The maximum absolute atomic E-state index is 11.1. The van der Waals surface area contributed by atoms with Crippen LogP contribution in [0.15, 0.2) is 29.4 Å². The zero-order valence-corrected chi connectivity index (χ0v) is 13.8. The molecule has 0 aliphatic carbocycles. The molecule has 2 aromatic rings. The number of nitrogens with zero attached hydrogens (tertiary/aromatic N) is 3. The van der Waals surface area contributed by atoms with Crippen LogP contribution < -0.4 is 0 Å². The molecule has 3 fully saturated rings. The molecule has 1 unspecified atom stereocenters. The van der Waals surface area contributed by atoms with Gasteiger partial charge < -0.3 is 9.72 Å². The molecule has 2 bridgehead atoms. The number of hydrogen-bond acceptors (Lipinski definition) is 5. The van der Waals surface area contributed by atoms with Crippen molar-refractivity contribution in [2.24, 2.45) is 10.9 Å². The van der Waals surface area contributed by atoms with Gasteiger partial charge in [0.25, 0.3) is 5.69 Å². The highest BCUT2D eigenvalue weighted by molar-refractivity contribution is 6.08. The van der Waals surface area contributed by atoms with Gasteiger partial charge in [0, 0.05) is 50.1 Å². The number of aliphatic imine (C=N–C) groups is 1. The van der Waals surface area contributed by atoms with E-state index in [0.717, 1.165) is 36.1 Å². The first-order chi connectivity index (χ1) is 11.6. The van der Waals surface area contributed by atoms with E-state index in [1.807, 2.05) is 6.20 Å². The maximum Gasteiger partial charge on any atom is 0.270 e. The molecular weight excluding hydrogens is 319 g/mol. The molecule has 0 amide bonds. The van der Waals surface area contributed by atoms with Crippen molar-refractivity contribution in [1.29, 1.82) is 0 Å². The number of H-pyrrole nitrogens is 1. The van der Waals surface area contributed by atoms with Crippen LogP contribution in [0.4, 0.5) is 5.69 Å². The van der Waals surface area contributed by atoms with Crippen LogP contribution in [-0.4, -0.2) is 60.9 Å². The molecule has 25 heavy (non-hydrogen) atoms. The van der Waals surface area contributed by atoms with Gasteiger partial charge in [-0.05, 0) is 32.0 Å². The third-order valence-electron chi connectivity index (χ3n) is 5.72. The molecule has 4 aliphatic heterocycles. The molecule has 3 saturated heterocycles. The lowest BCUT2D eigenvalue weighted by molar-refractivity contribution is -0.384. The van der Waals surface area contributed by atoms with Crippen molar-refractivity contribution in [1.82, 2.24) is 9.88 Å². The van der Waals surface area contributed by atoms with Gasteiger partial charge in [-0.3, -0.25) is 15.0 Å². The molecule has 6 rings (SSSR count). The van der Waals surface area contributed by atoms with E-state index in [1.54, 1.807) is 12.1 Å². The molecule has 1 atom stereocenters. The van der Waals surface area contributed by atoms with Crippen LogP contribution in [0, 0.1) is 16.0 Å². The summed E-state index contributed by atoms with van der Waals surface area (Å²) in [5, 5.41) is 11.8. The number of fused-ring (bicyclic) bond motifs is 3. The minimum Gasteiger partial charge on any atom is -0.467 e. The summed E-state index contributed by atoms with van der Waals surface area (Å²) in [5.41, 5.74) is 1.56. The first kappa shape index (κ1) is 16.1. The van der Waals surface area contributed by atoms with Crippen molar-refractivity contribution >= 4 is 30.9 Å². The molecule has 1 spiro atoms. The molecule has 0 saturated carbocycles. The van der Waals surface area contributed by atoms with E-state index in [-0.39, 0.29) is 24.6 Å². The zero-order valence-electron chi connectivity index (χ0n) is 13.8. The summed E-state index contributed by atoms with van der Waals surface area (Å²) in [6.07, 6.45) is 4.18. The predicted molar refractivity (Wildman–Crippen MR) is 95.1 cm³/mol. The average Bonchev–Trinajstić information content (AvgIpc) is 3.19. The number of nitro groups is 1. The molecule has 3 radical (unpaired) electrons. The normalized spacial score (nSPS) is 30.2. The Hall–Kier alpha value is -2.35. The van der Waals surface area contributed by atoms with E-state index < -0.39 is 0 Å². The van der Waals surface area contributed by atoms with E-state index in [0.29, 0.717) is 18.4 Å². The Balaban J connectivity index is 0.00000157. The highest BCUT2D eigenvalue weighted by Gasteiger charge is 2.51. The van der Waals surface area contributed by atoms with E-state index in [9.17, 15) is 10.1 Å². The lowest BCUT2D eigenvalue weighted by Crippen LogP contribution is -2.60. The van der Waals surface area contributed by atoms with Crippen LogP contribution in [0.1, 0.15) is 18.4 Å². The summed E-state index contributed by atoms with van der Waals surface area (Å²) in [6, 6.07) is 4.83. The third-order valence-corrected chi connectivity index (χ3v) is 5.72. The number of rotatable bonds is 2. The molecule has 5 heterocycles. The zero-order chi connectivity index (χ0) is 16.3. The largest absolute Gasteiger partial charge is 0.467 e. The van der Waals surface area contributed by atoms with Crippen LogP contribution >= 0.6 is 0 Å². The molecule has 1 aromatic heterocycles. The van der Waals surface area contributed by atoms with E-state index in [2.05, 4.69) is 14.9 Å². The summed E-state index contributed by atoms with van der Waals surface area (Å²) < 4.78 is 6.40. The van der Waals surface area contributed by atoms with Crippen molar-refractivity contribution in [3.05, 3.63) is 40.1 Å². The second-order valence-corrected chi connectivity index (χ2v) is 7.03. The fourth-order valence-electron chi connectivity index (χ4n) is 4.42.